The van der Waals surface area contributed by atoms with Gasteiger partial charge in [0, 0.05) is 62.1 Å². The summed E-state index contributed by atoms with van der Waals surface area (Å²) in [7, 11) is 0. The molecule has 0 saturated carbocycles. The molecule has 0 bridgehead atoms. The van der Waals surface area contributed by atoms with Gasteiger partial charge in [-0.15, -0.1) is 0 Å². The van der Waals surface area contributed by atoms with E-state index in [0.717, 1.165) is 29.5 Å². The second kappa shape index (κ2) is 11.5. The minimum Gasteiger partial charge on any atom is -0.464 e. The highest BCUT2D eigenvalue weighted by atomic mass is 16.7. The van der Waals surface area contributed by atoms with Crippen LogP contribution in [0.2, 0.25) is 0 Å². The molecule has 1 aromatic carbocycles. The summed E-state index contributed by atoms with van der Waals surface area (Å²) in [5.41, 5.74) is 1.76. The number of allylic oxidation sites excluding steroid dienone is 1. The average molecular weight is 471 g/mol. The summed E-state index contributed by atoms with van der Waals surface area (Å²) in [6.07, 6.45) is 6.50. The molecular weight excluding hydrogens is 436 g/mol. The third kappa shape index (κ3) is 5.45. The van der Waals surface area contributed by atoms with Crippen molar-refractivity contribution in [1.82, 2.24) is 10.2 Å². The molecule has 2 aromatic rings. The normalized spacial score (nSPS) is 22.6. The van der Waals surface area contributed by atoms with Crippen molar-refractivity contribution >= 4 is 22.8 Å². The molecular formula is C26H34N2O6. The molecule has 0 aliphatic carbocycles. The summed E-state index contributed by atoms with van der Waals surface area (Å²) in [5, 5.41) is 13.4. The van der Waals surface area contributed by atoms with Gasteiger partial charge in [-0.1, -0.05) is 18.2 Å². The minimum absolute atomic E-state index is 0.0742. The van der Waals surface area contributed by atoms with Crippen LogP contribution < -0.4 is 5.32 Å². The molecule has 0 unspecified atom stereocenters. The van der Waals surface area contributed by atoms with Gasteiger partial charge in [0.1, 0.15) is 5.58 Å². The van der Waals surface area contributed by atoms with Gasteiger partial charge in [0.05, 0.1) is 6.26 Å². The van der Waals surface area contributed by atoms with Crippen LogP contribution in [-0.4, -0.2) is 61.0 Å². The van der Waals surface area contributed by atoms with Gasteiger partial charge in [-0.25, -0.2) is 0 Å². The highest BCUT2D eigenvalue weighted by Crippen LogP contribution is 2.42. The fraction of sp³-hybridized carbons (Fsp3) is 0.538. The smallest absolute Gasteiger partial charge is 0.286 e. The number of aliphatic hydroxyl groups excluding tert-OH is 1. The number of hydrogen-bond acceptors (Lipinski definition) is 6. The van der Waals surface area contributed by atoms with Crippen molar-refractivity contribution in [3.63, 3.8) is 0 Å². The number of aliphatic hydroxyl groups is 1. The van der Waals surface area contributed by atoms with Crippen LogP contribution in [0.25, 0.3) is 11.0 Å². The Balaban J connectivity index is 1.52. The number of nitrogens with one attached hydrogen (secondary N) is 1. The first-order chi connectivity index (χ1) is 16.6. The number of carbonyl (C=O) groups excluding carboxylic acids is 2. The zero-order chi connectivity index (χ0) is 23.9. The fourth-order valence-electron chi connectivity index (χ4n) is 4.88. The van der Waals surface area contributed by atoms with Crippen LogP contribution in [0, 0.1) is 5.92 Å². The van der Waals surface area contributed by atoms with E-state index >= 15 is 0 Å². The molecule has 2 amide bonds. The third-order valence-corrected chi connectivity index (χ3v) is 6.57. The molecule has 8 heteroatoms. The van der Waals surface area contributed by atoms with Crippen molar-refractivity contribution in [2.24, 2.45) is 5.92 Å². The van der Waals surface area contributed by atoms with Gasteiger partial charge in [-0.3, -0.25) is 9.59 Å². The van der Waals surface area contributed by atoms with E-state index < -0.39 is 6.29 Å². The van der Waals surface area contributed by atoms with Crippen molar-refractivity contribution in [2.45, 2.75) is 51.2 Å². The highest BCUT2D eigenvalue weighted by molar-refractivity contribution is 5.92. The first-order valence-corrected chi connectivity index (χ1v) is 12.3. The fourth-order valence-corrected chi connectivity index (χ4v) is 4.88. The van der Waals surface area contributed by atoms with E-state index in [1.807, 2.05) is 42.2 Å². The van der Waals surface area contributed by atoms with Gasteiger partial charge in [0.2, 0.25) is 12.2 Å². The summed E-state index contributed by atoms with van der Waals surface area (Å²) in [6.45, 7) is 4.31. The maximum absolute atomic E-state index is 13.0. The zero-order valence-electron chi connectivity index (χ0n) is 19.7. The molecule has 2 aliphatic rings. The van der Waals surface area contributed by atoms with Crippen LogP contribution in [0.5, 0.6) is 0 Å². The van der Waals surface area contributed by atoms with Crippen molar-refractivity contribution in [3.8, 4) is 0 Å². The van der Waals surface area contributed by atoms with Crippen molar-refractivity contribution in [2.75, 3.05) is 32.8 Å². The van der Waals surface area contributed by atoms with Crippen LogP contribution in [0.15, 0.2) is 46.8 Å². The van der Waals surface area contributed by atoms with Gasteiger partial charge in [0.15, 0.2) is 5.76 Å². The maximum Gasteiger partial charge on any atom is 0.286 e. The number of ether oxygens (including phenoxy) is 2. The van der Waals surface area contributed by atoms with E-state index in [9.17, 15) is 14.7 Å². The van der Waals surface area contributed by atoms with Crippen LogP contribution in [0.3, 0.4) is 0 Å². The first-order valence-electron chi connectivity index (χ1n) is 12.3. The second-order valence-corrected chi connectivity index (χ2v) is 8.81. The second-order valence-electron chi connectivity index (χ2n) is 8.81. The Kier molecular flexibility index (Phi) is 8.24. The number of fused-ring (bicyclic) bond motifs is 1. The molecule has 2 N–H and O–H groups in total. The molecule has 4 rings (SSSR count). The lowest BCUT2D eigenvalue weighted by Crippen LogP contribution is -2.39. The zero-order valence-corrected chi connectivity index (χ0v) is 19.7. The number of likely N-dealkylation sites (tertiary alicyclic amines) is 1. The number of carbonyl (C=O) groups is 2. The summed E-state index contributed by atoms with van der Waals surface area (Å²) in [6, 6.07) is 7.82. The molecule has 1 saturated heterocycles. The summed E-state index contributed by atoms with van der Waals surface area (Å²) in [5.74, 6) is -0.121. The topological polar surface area (TPSA) is 101 Å². The lowest BCUT2D eigenvalue weighted by Gasteiger charge is -2.36. The van der Waals surface area contributed by atoms with E-state index in [1.165, 1.54) is 0 Å². The first kappa shape index (κ1) is 24.3. The van der Waals surface area contributed by atoms with E-state index in [4.69, 9.17) is 13.9 Å². The maximum atomic E-state index is 13.0. The lowest BCUT2D eigenvalue weighted by molar-refractivity contribution is -0.166. The summed E-state index contributed by atoms with van der Waals surface area (Å²) >= 11 is 0. The molecule has 1 aromatic heterocycles. The van der Waals surface area contributed by atoms with Gasteiger partial charge in [-0.2, -0.15) is 0 Å². The van der Waals surface area contributed by atoms with Gasteiger partial charge < -0.3 is 29.2 Å². The largest absolute Gasteiger partial charge is 0.464 e. The molecule has 3 atom stereocenters. The molecule has 0 radical (unpaired) electrons. The Labute approximate surface area is 199 Å². The van der Waals surface area contributed by atoms with Crippen LogP contribution in [0.4, 0.5) is 0 Å². The lowest BCUT2D eigenvalue weighted by atomic mass is 9.80. The molecule has 8 nitrogen and oxygen atoms in total. The predicted molar refractivity (Wildman–Crippen MR) is 127 cm³/mol. The quantitative estimate of drug-likeness (QED) is 0.489. The molecule has 0 spiro atoms. The Morgan fingerprint density at radius 1 is 1.29 bits per heavy atom. The summed E-state index contributed by atoms with van der Waals surface area (Å²) in [4.78, 5) is 26.6. The third-order valence-electron chi connectivity index (χ3n) is 6.57. The van der Waals surface area contributed by atoms with E-state index in [1.54, 1.807) is 6.26 Å². The van der Waals surface area contributed by atoms with E-state index in [-0.39, 0.29) is 36.0 Å². The molecule has 34 heavy (non-hydrogen) atoms. The highest BCUT2D eigenvalue weighted by Gasteiger charge is 2.39. The number of nitrogens with zero attached hydrogens (tertiary/aromatic N) is 1. The Morgan fingerprint density at radius 3 is 2.91 bits per heavy atom. The molecule has 184 valence electrons. The van der Waals surface area contributed by atoms with Crippen LogP contribution in [0.1, 0.15) is 50.5 Å². The minimum atomic E-state index is -0.608. The van der Waals surface area contributed by atoms with Gasteiger partial charge in [0.25, 0.3) is 5.91 Å². The number of furan rings is 1. The van der Waals surface area contributed by atoms with Crippen molar-refractivity contribution in [1.29, 1.82) is 0 Å². The van der Waals surface area contributed by atoms with Crippen molar-refractivity contribution in [3.05, 3.63) is 47.9 Å². The molecule has 1 fully saturated rings. The predicted octanol–water partition coefficient (Wildman–Crippen LogP) is 3.31. The number of rotatable bonds is 11. The Hall–Kier alpha value is -2.84. The Bertz CT molecular complexity index is 1020. The number of amides is 2. The SMILES string of the molecule is CCO[C@H]1OC(C(=O)NCCCN2CCCC2=O)=C[C@@H](c2coc3ccccc23)[C@H]1CCCO. The van der Waals surface area contributed by atoms with Gasteiger partial charge >= 0.3 is 0 Å². The molecule has 2 aliphatic heterocycles. The van der Waals surface area contributed by atoms with Crippen LogP contribution in [-0.2, 0) is 19.1 Å². The number of benzene rings is 1. The van der Waals surface area contributed by atoms with Crippen LogP contribution >= 0.6 is 0 Å². The number of para-hydroxylation sites is 1. The Morgan fingerprint density at radius 2 is 2.15 bits per heavy atom. The average Bonchev–Trinajstić information content (AvgIpc) is 3.46. The molecule has 3 heterocycles. The number of hydrogen-bond donors (Lipinski definition) is 2. The monoisotopic (exact) mass is 470 g/mol. The van der Waals surface area contributed by atoms with E-state index in [0.29, 0.717) is 45.4 Å². The van der Waals surface area contributed by atoms with Crippen molar-refractivity contribution < 1.29 is 28.6 Å². The van der Waals surface area contributed by atoms with E-state index in [2.05, 4.69) is 5.32 Å². The van der Waals surface area contributed by atoms with Gasteiger partial charge in [-0.05, 0) is 44.7 Å². The summed E-state index contributed by atoms with van der Waals surface area (Å²) < 4.78 is 17.7. The standard InChI is InChI=1S/C26H34N2O6/c1-2-32-26-19(9-6-15-29)20(21-17-33-22-10-4-3-8-18(21)22)16-23(34-26)25(31)27-12-7-14-28-13-5-11-24(28)30/h3-4,8,10,16-17,19-20,26,29H,2,5-7,9,11-15H2,1H3,(H,27,31)/t19-,20-,26+/m1/s1.